The van der Waals surface area contributed by atoms with Crippen LogP contribution in [0.4, 0.5) is 5.69 Å². The van der Waals surface area contributed by atoms with Gasteiger partial charge in [0.05, 0.1) is 15.8 Å². The van der Waals surface area contributed by atoms with Crippen LogP contribution in [-0.4, -0.2) is 24.1 Å². The normalized spacial score (nSPS) is 14.0. The van der Waals surface area contributed by atoms with Gasteiger partial charge in [-0.15, -0.1) is 0 Å². The highest BCUT2D eigenvalue weighted by molar-refractivity contribution is 6.42. The number of halogens is 2. The lowest BCUT2D eigenvalue weighted by Gasteiger charge is -2.13. The molecule has 3 aromatic rings. The molecular weight excluding hydrogens is 465 g/mol. The molecule has 9 heteroatoms. The maximum Gasteiger partial charge on any atom is 0.291 e. The van der Waals surface area contributed by atoms with Crippen LogP contribution in [0.2, 0.25) is 10.0 Å². The van der Waals surface area contributed by atoms with Crippen LogP contribution >= 0.6 is 23.2 Å². The summed E-state index contributed by atoms with van der Waals surface area (Å²) < 4.78 is 11.3. The number of aryl methyl sites for hydroxylation is 1. The van der Waals surface area contributed by atoms with E-state index in [1.54, 1.807) is 37.3 Å². The van der Waals surface area contributed by atoms with Gasteiger partial charge >= 0.3 is 0 Å². The fraction of sp³-hybridized carbons (Fsp3) is 0.208. The first-order valence-corrected chi connectivity index (χ1v) is 11.1. The second-order valence-electron chi connectivity index (χ2n) is 7.49. The predicted octanol–water partition coefficient (Wildman–Crippen LogP) is 5.38. The fourth-order valence-corrected chi connectivity index (χ4v) is 3.88. The number of furan rings is 1. The van der Waals surface area contributed by atoms with Crippen LogP contribution < -0.4 is 15.5 Å². The Morgan fingerprint density at radius 3 is 2.64 bits per heavy atom. The fourth-order valence-electron chi connectivity index (χ4n) is 3.59. The smallest absolute Gasteiger partial charge is 0.291 e. The molecular formula is C24H21Cl2N3O4. The zero-order valence-corrected chi connectivity index (χ0v) is 19.3. The number of rotatable bonds is 6. The van der Waals surface area contributed by atoms with E-state index in [-0.39, 0.29) is 18.3 Å². The quantitative estimate of drug-likeness (QED) is 0.458. The molecule has 0 fully saturated rings. The van der Waals surface area contributed by atoms with E-state index in [0.29, 0.717) is 51.4 Å². The van der Waals surface area contributed by atoms with Crippen LogP contribution in [0.25, 0.3) is 0 Å². The highest BCUT2D eigenvalue weighted by atomic mass is 35.5. The molecule has 1 aromatic heterocycles. The van der Waals surface area contributed by atoms with Crippen molar-refractivity contribution >= 4 is 46.4 Å². The van der Waals surface area contributed by atoms with Crippen molar-refractivity contribution in [2.45, 2.75) is 26.2 Å². The van der Waals surface area contributed by atoms with Gasteiger partial charge in [-0.2, -0.15) is 5.10 Å². The number of hydrogen-bond donors (Lipinski definition) is 2. The number of anilines is 1. The van der Waals surface area contributed by atoms with E-state index in [2.05, 4.69) is 15.8 Å². The summed E-state index contributed by atoms with van der Waals surface area (Å²) in [5.74, 6) is 0.687. The lowest BCUT2D eigenvalue weighted by Crippen LogP contribution is -2.27. The SMILES string of the molecule is Cc1c(C(=O)Nc2ccc(Cl)c(Cl)c2)oc2c1/C(=N/NC(=O)COc1ccccc1)CCC2. The van der Waals surface area contributed by atoms with Crippen LogP contribution in [-0.2, 0) is 11.2 Å². The summed E-state index contributed by atoms with van der Waals surface area (Å²) in [6, 6.07) is 13.9. The summed E-state index contributed by atoms with van der Waals surface area (Å²) in [5, 5.41) is 7.80. The Balaban J connectivity index is 1.46. The van der Waals surface area contributed by atoms with Gasteiger partial charge in [0, 0.05) is 23.2 Å². The second-order valence-corrected chi connectivity index (χ2v) is 8.30. The van der Waals surface area contributed by atoms with Gasteiger partial charge in [-0.05, 0) is 50.1 Å². The highest BCUT2D eigenvalue weighted by Crippen LogP contribution is 2.31. The molecule has 33 heavy (non-hydrogen) atoms. The molecule has 2 amide bonds. The van der Waals surface area contributed by atoms with Crippen molar-refractivity contribution in [2.24, 2.45) is 5.10 Å². The predicted molar refractivity (Wildman–Crippen MR) is 127 cm³/mol. The van der Waals surface area contributed by atoms with Gasteiger partial charge in [-0.3, -0.25) is 9.59 Å². The zero-order valence-electron chi connectivity index (χ0n) is 17.8. The van der Waals surface area contributed by atoms with E-state index in [9.17, 15) is 9.59 Å². The Labute approximate surface area is 200 Å². The molecule has 7 nitrogen and oxygen atoms in total. The first-order chi connectivity index (χ1) is 15.9. The van der Waals surface area contributed by atoms with Gasteiger partial charge in [0.25, 0.3) is 11.8 Å². The van der Waals surface area contributed by atoms with E-state index in [4.69, 9.17) is 32.4 Å². The van der Waals surface area contributed by atoms with Crippen molar-refractivity contribution in [1.82, 2.24) is 5.43 Å². The van der Waals surface area contributed by atoms with E-state index in [1.807, 2.05) is 18.2 Å². The number of carbonyl (C=O) groups is 2. The Bertz CT molecular complexity index is 1220. The first kappa shape index (κ1) is 22.9. The molecule has 0 saturated heterocycles. The zero-order chi connectivity index (χ0) is 23.4. The number of carbonyl (C=O) groups excluding carboxylic acids is 2. The molecule has 0 aliphatic heterocycles. The summed E-state index contributed by atoms with van der Waals surface area (Å²) in [7, 11) is 0. The van der Waals surface area contributed by atoms with E-state index in [1.165, 1.54) is 0 Å². The average Bonchev–Trinajstić information content (AvgIpc) is 3.16. The molecule has 0 atom stereocenters. The molecule has 2 N–H and O–H groups in total. The number of hydrazone groups is 1. The van der Waals surface area contributed by atoms with Gasteiger partial charge in [0.1, 0.15) is 11.5 Å². The summed E-state index contributed by atoms with van der Waals surface area (Å²) in [6.07, 6.45) is 2.13. The van der Waals surface area contributed by atoms with E-state index >= 15 is 0 Å². The number of amides is 2. The molecule has 0 unspecified atom stereocenters. The van der Waals surface area contributed by atoms with Crippen molar-refractivity contribution in [3.8, 4) is 5.75 Å². The molecule has 0 radical (unpaired) electrons. The number of benzene rings is 2. The van der Waals surface area contributed by atoms with Gasteiger partial charge in [-0.25, -0.2) is 5.43 Å². The van der Waals surface area contributed by atoms with Crippen LogP contribution in [0.5, 0.6) is 5.75 Å². The second kappa shape index (κ2) is 10.1. The molecule has 1 aliphatic rings. The summed E-state index contributed by atoms with van der Waals surface area (Å²) >= 11 is 12.0. The minimum absolute atomic E-state index is 0.157. The largest absolute Gasteiger partial charge is 0.484 e. The summed E-state index contributed by atoms with van der Waals surface area (Å²) in [5.41, 5.74) is 5.12. The van der Waals surface area contributed by atoms with Gasteiger partial charge < -0.3 is 14.5 Å². The average molecular weight is 486 g/mol. The molecule has 1 heterocycles. The van der Waals surface area contributed by atoms with Crippen molar-refractivity contribution < 1.29 is 18.7 Å². The highest BCUT2D eigenvalue weighted by Gasteiger charge is 2.28. The van der Waals surface area contributed by atoms with Gasteiger partial charge in [-0.1, -0.05) is 41.4 Å². The number of hydrogen-bond acceptors (Lipinski definition) is 5. The van der Waals surface area contributed by atoms with Gasteiger partial charge in [0.2, 0.25) is 0 Å². The van der Waals surface area contributed by atoms with Gasteiger partial charge in [0.15, 0.2) is 12.4 Å². The van der Waals surface area contributed by atoms with E-state index < -0.39 is 5.91 Å². The van der Waals surface area contributed by atoms with Crippen molar-refractivity contribution in [1.29, 1.82) is 0 Å². The lowest BCUT2D eigenvalue weighted by molar-refractivity contribution is -0.123. The molecule has 2 aromatic carbocycles. The summed E-state index contributed by atoms with van der Waals surface area (Å²) in [6.45, 7) is 1.64. The molecule has 0 bridgehead atoms. The summed E-state index contributed by atoms with van der Waals surface area (Å²) in [4.78, 5) is 25.0. The Morgan fingerprint density at radius 1 is 1.09 bits per heavy atom. The van der Waals surface area contributed by atoms with Crippen LogP contribution in [0.1, 0.15) is 40.3 Å². The van der Waals surface area contributed by atoms with Crippen LogP contribution in [0.15, 0.2) is 58.0 Å². The third-order valence-corrected chi connectivity index (χ3v) is 5.88. The maximum atomic E-state index is 12.8. The molecule has 4 rings (SSSR count). The first-order valence-electron chi connectivity index (χ1n) is 10.3. The van der Waals surface area contributed by atoms with Crippen molar-refractivity contribution in [2.75, 3.05) is 11.9 Å². The third kappa shape index (κ3) is 5.38. The van der Waals surface area contributed by atoms with Crippen LogP contribution in [0.3, 0.4) is 0 Å². The Kier molecular flexibility index (Phi) is 7.01. The number of ether oxygens (including phenoxy) is 1. The molecule has 170 valence electrons. The maximum absolute atomic E-state index is 12.8. The van der Waals surface area contributed by atoms with Crippen LogP contribution in [0, 0.1) is 6.92 Å². The molecule has 0 saturated carbocycles. The number of nitrogens with zero attached hydrogens (tertiary/aromatic N) is 1. The van der Waals surface area contributed by atoms with E-state index in [0.717, 1.165) is 12.0 Å². The van der Waals surface area contributed by atoms with Crippen molar-refractivity contribution in [3.05, 3.63) is 81.2 Å². The monoisotopic (exact) mass is 485 g/mol. The lowest BCUT2D eigenvalue weighted by atomic mass is 9.93. The number of fused-ring (bicyclic) bond motifs is 1. The Morgan fingerprint density at radius 2 is 1.88 bits per heavy atom. The Hall–Kier alpha value is -3.29. The standard InChI is InChI=1S/C24H21Cl2N3O4/c1-14-22-19(28-29-21(30)13-32-16-6-3-2-4-7-16)8-5-9-20(22)33-23(14)24(31)27-15-10-11-17(25)18(26)12-15/h2-4,6-7,10-12H,5,8-9,13H2,1H3,(H,27,31)(H,29,30)/b28-19+. The van der Waals surface area contributed by atoms with Crippen molar-refractivity contribution in [3.63, 3.8) is 0 Å². The number of para-hydroxylation sites is 1. The topological polar surface area (TPSA) is 92.9 Å². The minimum Gasteiger partial charge on any atom is -0.484 e. The minimum atomic E-state index is -0.403. The third-order valence-electron chi connectivity index (χ3n) is 5.14. The molecule has 0 spiro atoms. The number of nitrogens with one attached hydrogen (secondary N) is 2. The molecule has 1 aliphatic carbocycles.